The monoisotopic (exact) mass is 415 g/mol. The highest BCUT2D eigenvalue weighted by molar-refractivity contribution is 9.11. The van der Waals surface area contributed by atoms with E-state index in [0.717, 1.165) is 8.95 Å². The number of rotatable bonds is 4. The molecule has 0 aliphatic rings. The fourth-order valence-electron chi connectivity index (χ4n) is 1.94. The second kappa shape index (κ2) is 6.87. The van der Waals surface area contributed by atoms with Crippen molar-refractivity contribution in [2.75, 3.05) is 0 Å². The van der Waals surface area contributed by atoms with Gasteiger partial charge in [0.2, 0.25) is 0 Å². The van der Waals surface area contributed by atoms with Crippen molar-refractivity contribution in [2.24, 2.45) is 5.92 Å². The molecule has 2 rings (SSSR count). The van der Waals surface area contributed by atoms with Crippen molar-refractivity contribution in [1.82, 2.24) is 5.32 Å². The summed E-state index contributed by atoms with van der Waals surface area (Å²) in [4.78, 5) is 13.6. The molecule has 0 bridgehead atoms. The van der Waals surface area contributed by atoms with E-state index in [-0.39, 0.29) is 11.9 Å². The topological polar surface area (TPSA) is 29.1 Å². The Morgan fingerprint density at radius 3 is 2.35 bits per heavy atom. The molecule has 1 N–H and O–H groups in total. The van der Waals surface area contributed by atoms with E-state index in [4.69, 9.17) is 0 Å². The summed E-state index contributed by atoms with van der Waals surface area (Å²) >= 11 is 8.48. The quantitative estimate of drug-likeness (QED) is 0.710. The molecule has 5 heteroatoms. The van der Waals surface area contributed by atoms with E-state index in [2.05, 4.69) is 57.1 Å². The van der Waals surface area contributed by atoms with Crippen molar-refractivity contribution in [2.45, 2.75) is 19.9 Å². The van der Waals surface area contributed by atoms with Gasteiger partial charge in [0.1, 0.15) is 0 Å². The summed E-state index contributed by atoms with van der Waals surface area (Å²) in [5, 5.41) is 5.15. The number of amides is 1. The van der Waals surface area contributed by atoms with Gasteiger partial charge in [-0.15, -0.1) is 11.3 Å². The highest BCUT2D eigenvalue weighted by Crippen LogP contribution is 2.27. The maximum atomic E-state index is 12.4. The van der Waals surface area contributed by atoms with Crippen LogP contribution in [0, 0.1) is 5.92 Å². The summed E-state index contributed by atoms with van der Waals surface area (Å²) in [7, 11) is 0. The van der Waals surface area contributed by atoms with Crippen molar-refractivity contribution in [1.29, 1.82) is 0 Å². The molecule has 0 aliphatic carbocycles. The zero-order valence-corrected chi connectivity index (χ0v) is 15.2. The van der Waals surface area contributed by atoms with Crippen molar-refractivity contribution in [3.8, 4) is 0 Å². The Labute approximate surface area is 139 Å². The first-order valence-electron chi connectivity index (χ1n) is 6.27. The Morgan fingerprint density at radius 1 is 1.20 bits per heavy atom. The van der Waals surface area contributed by atoms with Crippen LogP contribution < -0.4 is 5.32 Å². The Bertz CT molecular complexity index is 576. The van der Waals surface area contributed by atoms with E-state index in [1.165, 1.54) is 4.88 Å². The zero-order valence-electron chi connectivity index (χ0n) is 11.2. The number of hydrogen-bond acceptors (Lipinski definition) is 2. The van der Waals surface area contributed by atoms with E-state index in [1.54, 1.807) is 11.3 Å². The fraction of sp³-hybridized carbons (Fsp3) is 0.267. The van der Waals surface area contributed by atoms with Gasteiger partial charge in [0.05, 0.1) is 6.04 Å². The lowest BCUT2D eigenvalue weighted by Crippen LogP contribution is -2.31. The summed E-state index contributed by atoms with van der Waals surface area (Å²) in [5.41, 5.74) is 0.647. The van der Waals surface area contributed by atoms with Crippen LogP contribution in [-0.4, -0.2) is 5.91 Å². The van der Waals surface area contributed by atoms with E-state index in [9.17, 15) is 4.79 Å². The maximum Gasteiger partial charge on any atom is 0.251 e. The van der Waals surface area contributed by atoms with Crippen LogP contribution in [0.15, 0.2) is 44.7 Å². The molecule has 2 nitrogen and oxygen atoms in total. The van der Waals surface area contributed by atoms with Crippen LogP contribution in [0.3, 0.4) is 0 Å². The van der Waals surface area contributed by atoms with Gasteiger partial charge in [0, 0.05) is 19.4 Å². The van der Waals surface area contributed by atoms with Crippen LogP contribution in [0.4, 0.5) is 0 Å². The Kier molecular flexibility index (Phi) is 5.41. The molecule has 0 saturated heterocycles. The van der Waals surface area contributed by atoms with Gasteiger partial charge in [-0.3, -0.25) is 4.79 Å². The molecular weight excluding hydrogens is 402 g/mol. The van der Waals surface area contributed by atoms with Crippen LogP contribution in [0.5, 0.6) is 0 Å². The zero-order chi connectivity index (χ0) is 14.7. The molecule has 1 aromatic heterocycles. The molecule has 20 heavy (non-hydrogen) atoms. The van der Waals surface area contributed by atoms with Gasteiger partial charge in [-0.2, -0.15) is 0 Å². The van der Waals surface area contributed by atoms with E-state index >= 15 is 0 Å². The predicted molar refractivity (Wildman–Crippen MR) is 91.2 cm³/mol. The first kappa shape index (κ1) is 15.7. The van der Waals surface area contributed by atoms with Crippen molar-refractivity contribution in [3.05, 3.63) is 55.1 Å². The van der Waals surface area contributed by atoms with Crippen molar-refractivity contribution >= 4 is 49.1 Å². The largest absolute Gasteiger partial charge is 0.344 e. The number of nitrogens with one attached hydrogen (secondary N) is 1. The Balaban J connectivity index is 2.20. The van der Waals surface area contributed by atoms with E-state index in [0.29, 0.717) is 11.5 Å². The highest BCUT2D eigenvalue weighted by Gasteiger charge is 2.20. The molecule has 1 heterocycles. The number of carbonyl (C=O) groups excluding carboxylic acids is 1. The average Bonchev–Trinajstić information content (AvgIpc) is 2.87. The van der Waals surface area contributed by atoms with Gasteiger partial charge in [-0.05, 0) is 35.6 Å². The second-order valence-electron chi connectivity index (χ2n) is 4.87. The molecule has 1 unspecified atom stereocenters. The Morgan fingerprint density at radius 2 is 1.85 bits per heavy atom. The summed E-state index contributed by atoms with van der Waals surface area (Å²) in [6.45, 7) is 4.23. The lowest BCUT2D eigenvalue weighted by Gasteiger charge is -2.21. The average molecular weight is 417 g/mol. The standard InChI is InChI=1S/C15H15Br2NOS/c1-9(2)14(13-4-3-5-20-13)18-15(19)10-6-11(16)8-12(17)7-10/h3-9,14H,1-2H3,(H,18,19). The number of carbonyl (C=O) groups is 1. The van der Waals surface area contributed by atoms with E-state index < -0.39 is 0 Å². The van der Waals surface area contributed by atoms with Gasteiger partial charge >= 0.3 is 0 Å². The van der Waals surface area contributed by atoms with Gasteiger partial charge in [-0.1, -0.05) is 51.8 Å². The smallest absolute Gasteiger partial charge is 0.251 e. The number of hydrogen-bond donors (Lipinski definition) is 1. The first-order valence-corrected chi connectivity index (χ1v) is 8.74. The molecule has 1 aromatic carbocycles. The summed E-state index contributed by atoms with van der Waals surface area (Å²) < 4.78 is 1.77. The van der Waals surface area contributed by atoms with Gasteiger partial charge in [-0.25, -0.2) is 0 Å². The maximum absolute atomic E-state index is 12.4. The number of benzene rings is 1. The fourth-order valence-corrected chi connectivity index (χ4v) is 4.19. The third-order valence-corrected chi connectivity index (χ3v) is 4.80. The van der Waals surface area contributed by atoms with E-state index in [1.807, 2.05) is 29.6 Å². The number of thiophene rings is 1. The van der Waals surface area contributed by atoms with Crippen molar-refractivity contribution < 1.29 is 4.79 Å². The van der Waals surface area contributed by atoms with Gasteiger partial charge in [0.15, 0.2) is 0 Å². The molecule has 0 radical (unpaired) electrons. The van der Waals surface area contributed by atoms with Crippen LogP contribution in [-0.2, 0) is 0 Å². The summed E-state index contributed by atoms with van der Waals surface area (Å²) in [5.74, 6) is 0.285. The van der Waals surface area contributed by atoms with Gasteiger partial charge in [0.25, 0.3) is 5.91 Å². The minimum atomic E-state index is -0.0564. The molecule has 1 amide bonds. The SMILES string of the molecule is CC(C)C(NC(=O)c1cc(Br)cc(Br)c1)c1cccs1. The Hall–Kier alpha value is -0.650. The normalized spacial score (nSPS) is 12.4. The molecule has 106 valence electrons. The lowest BCUT2D eigenvalue weighted by atomic mass is 10.0. The molecule has 0 fully saturated rings. The van der Waals surface area contributed by atoms with Crippen LogP contribution in [0.25, 0.3) is 0 Å². The van der Waals surface area contributed by atoms with Crippen LogP contribution >= 0.6 is 43.2 Å². The van der Waals surface area contributed by atoms with Gasteiger partial charge < -0.3 is 5.32 Å². The third kappa shape index (κ3) is 3.93. The second-order valence-corrected chi connectivity index (χ2v) is 7.68. The molecule has 0 aliphatic heterocycles. The summed E-state index contributed by atoms with van der Waals surface area (Å²) in [6.07, 6.45) is 0. The van der Waals surface area contributed by atoms with Crippen LogP contribution in [0.2, 0.25) is 0 Å². The summed E-state index contributed by atoms with van der Waals surface area (Å²) in [6, 6.07) is 9.68. The molecular formula is C15H15Br2NOS. The third-order valence-electron chi connectivity index (χ3n) is 2.93. The minimum absolute atomic E-state index is 0.0419. The lowest BCUT2D eigenvalue weighted by molar-refractivity contribution is 0.0926. The first-order chi connectivity index (χ1) is 9.47. The van der Waals surface area contributed by atoms with Crippen molar-refractivity contribution in [3.63, 3.8) is 0 Å². The molecule has 0 spiro atoms. The molecule has 2 aromatic rings. The number of halogens is 2. The molecule has 1 atom stereocenters. The minimum Gasteiger partial charge on any atom is -0.344 e. The van der Waals surface area contributed by atoms with Crippen LogP contribution in [0.1, 0.15) is 35.1 Å². The predicted octanol–water partition coefficient (Wildman–Crippen LogP) is 5.40. The highest BCUT2D eigenvalue weighted by atomic mass is 79.9. The molecule has 0 saturated carbocycles.